The van der Waals surface area contributed by atoms with E-state index in [0.717, 1.165) is 17.7 Å². The Balaban J connectivity index is 1.56. The number of fused-ring (bicyclic) bond motifs is 4. The van der Waals surface area contributed by atoms with Crippen molar-refractivity contribution in [1.82, 2.24) is 4.90 Å². The van der Waals surface area contributed by atoms with Gasteiger partial charge in [0.2, 0.25) is 11.8 Å². The summed E-state index contributed by atoms with van der Waals surface area (Å²) in [5.74, 6) is -3.62. The number of nitrogens with zero attached hydrogens (tertiary/aromatic N) is 1. The van der Waals surface area contributed by atoms with Gasteiger partial charge in [-0.25, -0.2) is 13.6 Å². The number of carbonyl (C=O) groups is 3. The van der Waals surface area contributed by atoms with Crippen molar-refractivity contribution in [3.05, 3.63) is 94.0 Å². The molecule has 3 aromatic carbocycles. The number of amides is 2. The van der Waals surface area contributed by atoms with Gasteiger partial charge in [0.25, 0.3) is 0 Å². The largest absolute Gasteiger partial charge is 0.478 e. The molecule has 3 aromatic rings. The van der Waals surface area contributed by atoms with E-state index < -0.39 is 17.6 Å². The Morgan fingerprint density at radius 2 is 1.88 bits per heavy atom. The Morgan fingerprint density at radius 1 is 1.07 bits per heavy atom. The molecule has 2 unspecified atom stereocenters. The van der Waals surface area contributed by atoms with Gasteiger partial charge < -0.3 is 15.3 Å². The number of rotatable bonds is 3. The third-order valence-electron chi connectivity index (χ3n) is 7.61. The fourth-order valence-electron chi connectivity index (χ4n) is 5.43. The maximum absolute atomic E-state index is 14.7. The van der Waals surface area contributed by atoms with Crippen LogP contribution in [-0.4, -0.2) is 34.3 Å². The second-order valence-corrected chi connectivity index (χ2v) is 10.6. The molecule has 0 saturated heterocycles. The van der Waals surface area contributed by atoms with Crippen molar-refractivity contribution in [2.24, 2.45) is 5.92 Å². The van der Waals surface area contributed by atoms with Gasteiger partial charge in [-0.1, -0.05) is 43.1 Å². The lowest BCUT2D eigenvalue weighted by atomic mass is 9.90. The van der Waals surface area contributed by atoms with Crippen LogP contribution in [0.3, 0.4) is 0 Å². The number of carbonyl (C=O) groups excluding carboxylic acids is 2. The number of anilines is 1. The van der Waals surface area contributed by atoms with Crippen LogP contribution in [-0.2, 0) is 9.59 Å². The topological polar surface area (TPSA) is 86.7 Å². The zero-order valence-corrected chi connectivity index (χ0v) is 22.5. The number of aromatic carboxylic acids is 1. The normalized spacial score (nSPS) is 19.6. The van der Waals surface area contributed by atoms with E-state index in [4.69, 9.17) is 11.6 Å². The zero-order chi connectivity index (χ0) is 28.6. The van der Waals surface area contributed by atoms with Crippen LogP contribution in [0.4, 0.5) is 14.5 Å². The lowest BCUT2D eigenvalue weighted by Crippen LogP contribution is -2.37. The molecule has 2 heterocycles. The lowest BCUT2D eigenvalue weighted by Gasteiger charge is -2.35. The smallest absolute Gasteiger partial charge is 0.335 e. The van der Waals surface area contributed by atoms with E-state index in [2.05, 4.69) is 5.32 Å². The highest BCUT2D eigenvalue weighted by atomic mass is 35.5. The first-order valence-corrected chi connectivity index (χ1v) is 13.5. The molecule has 0 saturated carbocycles. The fraction of sp³-hybridized carbons (Fsp3) is 0.258. The summed E-state index contributed by atoms with van der Waals surface area (Å²) >= 11 is 5.88. The van der Waals surface area contributed by atoms with Crippen molar-refractivity contribution < 1.29 is 28.3 Å². The molecule has 40 heavy (non-hydrogen) atoms. The molecule has 0 fully saturated rings. The Bertz CT molecular complexity index is 1550. The number of carboxylic acids is 1. The van der Waals surface area contributed by atoms with Crippen LogP contribution < -0.4 is 5.32 Å². The molecule has 2 N–H and O–H groups in total. The number of hydrogen-bond donors (Lipinski definition) is 2. The molecular weight excluding hydrogens is 538 g/mol. The van der Waals surface area contributed by atoms with Gasteiger partial charge >= 0.3 is 5.97 Å². The molecule has 2 aliphatic heterocycles. The molecule has 6 nitrogen and oxygen atoms in total. The third kappa shape index (κ3) is 5.36. The highest BCUT2D eigenvalue weighted by molar-refractivity contribution is 6.31. The summed E-state index contributed by atoms with van der Waals surface area (Å²) < 4.78 is 29.2. The second kappa shape index (κ2) is 11.2. The van der Waals surface area contributed by atoms with Crippen LogP contribution in [0.15, 0.2) is 60.7 Å². The molecular formula is C31H27ClF2N2O4. The number of hydrogen-bond acceptors (Lipinski definition) is 3. The van der Waals surface area contributed by atoms with Gasteiger partial charge in [-0.3, -0.25) is 9.59 Å². The number of benzene rings is 3. The van der Waals surface area contributed by atoms with Gasteiger partial charge in [0.05, 0.1) is 22.2 Å². The summed E-state index contributed by atoms with van der Waals surface area (Å²) in [4.78, 5) is 39.8. The Hall–Kier alpha value is -4.04. The first kappa shape index (κ1) is 27.5. The maximum atomic E-state index is 14.7. The molecule has 9 heteroatoms. The minimum atomic E-state index is -1.09. The lowest BCUT2D eigenvalue weighted by molar-refractivity contribution is -0.129. The van der Waals surface area contributed by atoms with Gasteiger partial charge in [0.15, 0.2) is 5.82 Å². The monoisotopic (exact) mass is 564 g/mol. The number of carboxylic acid groups (broad SMARTS) is 1. The highest BCUT2D eigenvalue weighted by Crippen LogP contribution is 2.38. The third-order valence-corrected chi connectivity index (χ3v) is 7.91. The predicted octanol–water partition coefficient (Wildman–Crippen LogP) is 7.10. The van der Waals surface area contributed by atoms with E-state index in [1.165, 1.54) is 18.2 Å². The van der Waals surface area contributed by atoms with Crippen molar-refractivity contribution in [2.75, 3.05) is 11.9 Å². The Morgan fingerprint density at radius 3 is 2.62 bits per heavy atom. The van der Waals surface area contributed by atoms with E-state index in [1.807, 2.05) is 31.2 Å². The molecule has 2 aliphatic rings. The second-order valence-electron chi connectivity index (χ2n) is 10.2. The Kier molecular flexibility index (Phi) is 7.72. The molecule has 0 aliphatic carbocycles. The zero-order valence-electron chi connectivity index (χ0n) is 21.7. The molecule has 2 atom stereocenters. The minimum absolute atomic E-state index is 0.0828. The molecule has 5 rings (SSSR count). The average Bonchev–Trinajstić information content (AvgIpc) is 2.93. The standard InChI is InChI=1S/C31H27ClF2N2O4/c1-17-4-2-7-26(36-13-12-20(16-27(36)37)28-24(33)10-9-23(32)29(28)34)19-6-3-5-18(14-19)22-15-21(31(39)40)8-11-25(22)35-30(17)38/h3,5-6,8-11,14-17,26H,2,4,7,12-13H2,1H3,(H,35,38)(H,39,40). The molecule has 0 spiro atoms. The number of halogens is 3. The fourth-order valence-corrected chi connectivity index (χ4v) is 5.59. The van der Waals surface area contributed by atoms with E-state index >= 15 is 0 Å². The van der Waals surface area contributed by atoms with Crippen molar-refractivity contribution >= 4 is 40.6 Å². The van der Waals surface area contributed by atoms with Crippen molar-refractivity contribution in [2.45, 2.75) is 38.6 Å². The van der Waals surface area contributed by atoms with Crippen molar-refractivity contribution in [3.63, 3.8) is 0 Å². The first-order chi connectivity index (χ1) is 19.1. The summed E-state index contributed by atoms with van der Waals surface area (Å²) in [5, 5.41) is 12.3. The van der Waals surface area contributed by atoms with Crippen LogP contribution in [0, 0.1) is 17.6 Å². The van der Waals surface area contributed by atoms with E-state index in [9.17, 15) is 28.3 Å². The van der Waals surface area contributed by atoms with E-state index in [1.54, 1.807) is 11.0 Å². The van der Waals surface area contributed by atoms with Gasteiger partial charge in [0.1, 0.15) is 5.82 Å². The van der Waals surface area contributed by atoms with Crippen LogP contribution in [0.1, 0.15) is 60.1 Å². The molecule has 0 aromatic heterocycles. The van der Waals surface area contributed by atoms with Crippen LogP contribution in [0.5, 0.6) is 0 Å². The SMILES string of the molecule is CC1CCCC(N2CCC(c3c(F)ccc(Cl)c3F)=CC2=O)c2cccc(c2)-c2cc(C(=O)O)ccc2NC1=O. The molecule has 2 amide bonds. The number of nitrogens with one attached hydrogen (secondary N) is 1. The minimum Gasteiger partial charge on any atom is -0.478 e. The molecule has 206 valence electrons. The summed E-state index contributed by atoms with van der Waals surface area (Å²) in [5.41, 5.74) is 2.64. The van der Waals surface area contributed by atoms with Crippen molar-refractivity contribution in [3.8, 4) is 11.1 Å². The van der Waals surface area contributed by atoms with Gasteiger partial charge in [-0.05, 0) is 72.4 Å². The van der Waals surface area contributed by atoms with Gasteiger partial charge in [-0.15, -0.1) is 0 Å². The summed E-state index contributed by atoms with van der Waals surface area (Å²) in [6.45, 7) is 2.07. The van der Waals surface area contributed by atoms with Crippen LogP contribution in [0.25, 0.3) is 16.7 Å². The van der Waals surface area contributed by atoms with Crippen LogP contribution >= 0.6 is 11.6 Å². The van der Waals surface area contributed by atoms with Gasteiger partial charge in [-0.2, -0.15) is 0 Å². The molecule has 0 radical (unpaired) electrons. The van der Waals surface area contributed by atoms with E-state index in [-0.39, 0.29) is 58.5 Å². The van der Waals surface area contributed by atoms with Crippen LogP contribution in [0.2, 0.25) is 5.02 Å². The maximum Gasteiger partial charge on any atom is 0.335 e. The average molecular weight is 565 g/mol. The molecule has 2 bridgehead atoms. The Labute approximate surface area is 235 Å². The van der Waals surface area contributed by atoms with Crippen molar-refractivity contribution in [1.29, 1.82) is 0 Å². The summed E-state index contributed by atoms with van der Waals surface area (Å²) in [6, 6.07) is 13.9. The van der Waals surface area contributed by atoms with E-state index in [0.29, 0.717) is 36.1 Å². The first-order valence-electron chi connectivity index (χ1n) is 13.1. The summed E-state index contributed by atoms with van der Waals surface area (Å²) in [6.07, 6.45) is 3.31. The highest BCUT2D eigenvalue weighted by Gasteiger charge is 2.30. The quantitative estimate of drug-likeness (QED) is 0.332. The van der Waals surface area contributed by atoms with Gasteiger partial charge in [0, 0.05) is 29.8 Å². The predicted molar refractivity (Wildman–Crippen MR) is 149 cm³/mol. The summed E-state index contributed by atoms with van der Waals surface area (Å²) in [7, 11) is 0.